The van der Waals surface area contributed by atoms with Crippen molar-refractivity contribution in [1.29, 1.82) is 0 Å². The van der Waals surface area contributed by atoms with E-state index in [0.717, 1.165) is 18.0 Å². The van der Waals surface area contributed by atoms with Gasteiger partial charge in [0.1, 0.15) is 0 Å². The lowest BCUT2D eigenvalue weighted by Crippen LogP contribution is -2.17. The van der Waals surface area contributed by atoms with E-state index in [2.05, 4.69) is 51.2 Å². The number of rotatable bonds is 6. The Morgan fingerprint density at radius 1 is 1.04 bits per heavy atom. The van der Waals surface area contributed by atoms with Gasteiger partial charge in [0.2, 0.25) is 5.91 Å². The monoisotopic (exact) mass is 315 g/mol. The van der Waals surface area contributed by atoms with Gasteiger partial charge in [-0.2, -0.15) is 0 Å². The zero-order valence-electron chi connectivity index (χ0n) is 15.3. The van der Waals surface area contributed by atoms with Crippen LogP contribution in [0, 0.1) is 5.92 Å². The average molecular weight is 316 g/mol. The number of hydrogen-bond donors (Lipinski definition) is 1. The fourth-order valence-electron chi connectivity index (χ4n) is 3.71. The predicted octanol–water partition coefficient (Wildman–Crippen LogP) is 6.23. The van der Waals surface area contributed by atoms with Gasteiger partial charge in [-0.3, -0.25) is 4.79 Å². The van der Waals surface area contributed by atoms with E-state index in [4.69, 9.17) is 0 Å². The molecule has 0 unspecified atom stereocenters. The number of carbonyl (C=O) groups is 1. The molecular formula is C21H33NO. The lowest BCUT2D eigenvalue weighted by molar-refractivity contribution is -0.116. The normalized spacial score (nSPS) is 16.1. The van der Waals surface area contributed by atoms with Crippen LogP contribution in [0.4, 0.5) is 5.69 Å². The summed E-state index contributed by atoms with van der Waals surface area (Å²) in [6.45, 7) is 8.77. The van der Waals surface area contributed by atoms with Crippen LogP contribution in [0.15, 0.2) is 18.2 Å². The van der Waals surface area contributed by atoms with Gasteiger partial charge in [-0.15, -0.1) is 0 Å². The summed E-state index contributed by atoms with van der Waals surface area (Å²) in [6.07, 6.45) is 8.41. The molecule has 1 aliphatic rings. The fraction of sp³-hybridized carbons (Fsp3) is 0.667. The summed E-state index contributed by atoms with van der Waals surface area (Å²) in [5.74, 6) is 1.79. The molecule has 128 valence electrons. The Kier molecular flexibility index (Phi) is 6.68. The molecule has 1 fully saturated rings. The van der Waals surface area contributed by atoms with E-state index in [9.17, 15) is 4.79 Å². The zero-order chi connectivity index (χ0) is 16.8. The average Bonchev–Trinajstić information content (AvgIpc) is 2.53. The van der Waals surface area contributed by atoms with Gasteiger partial charge in [0, 0.05) is 12.1 Å². The van der Waals surface area contributed by atoms with Crippen molar-refractivity contribution < 1.29 is 4.79 Å². The predicted molar refractivity (Wildman–Crippen MR) is 99.1 cm³/mol. The smallest absolute Gasteiger partial charge is 0.224 e. The molecular weight excluding hydrogens is 282 g/mol. The topological polar surface area (TPSA) is 29.1 Å². The molecule has 2 rings (SSSR count). The van der Waals surface area contributed by atoms with E-state index in [1.165, 1.54) is 43.2 Å². The molecule has 0 atom stereocenters. The molecule has 2 heteroatoms. The number of nitrogens with one attached hydrogen (secondary N) is 1. The maximum absolute atomic E-state index is 12.5. The number of amides is 1. The van der Waals surface area contributed by atoms with Crippen molar-refractivity contribution >= 4 is 11.6 Å². The SMILES string of the molecule is CC(C)c1cccc(C(C)C)c1NC(=O)CCC1CCCCC1. The molecule has 1 saturated carbocycles. The summed E-state index contributed by atoms with van der Waals surface area (Å²) < 4.78 is 0. The maximum Gasteiger partial charge on any atom is 0.224 e. The molecule has 0 aliphatic heterocycles. The third kappa shape index (κ3) is 5.09. The first kappa shape index (κ1) is 18.0. The highest BCUT2D eigenvalue weighted by molar-refractivity contribution is 5.92. The van der Waals surface area contributed by atoms with Gasteiger partial charge >= 0.3 is 0 Å². The molecule has 2 nitrogen and oxygen atoms in total. The van der Waals surface area contributed by atoms with Crippen LogP contribution < -0.4 is 5.32 Å². The van der Waals surface area contributed by atoms with Gasteiger partial charge in [0.25, 0.3) is 0 Å². The number of para-hydroxylation sites is 1. The Hall–Kier alpha value is -1.31. The van der Waals surface area contributed by atoms with Crippen LogP contribution in [0.2, 0.25) is 0 Å². The van der Waals surface area contributed by atoms with E-state index in [-0.39, 0.29) is 5.91 Å². The van der Waals surface area contributed by atoms with Gasteiger partial charge in [-0.25, -0.2) is 0 Å². The Labute approximate surface area is 142 Å². The third-order valence-electron chi connectivity index (χ3n) is 5.14. The highest BCUT2D eigenvalue weighted by atomic mass is 16.1. The van der Waals surface area contributed by atoms with Crippen molar-refractivity contribution in [2.45, 2.75) is 84.5 Å². The quantitative estimate of drug-likeness (QED) is 0.662. The Bertz CT molecular complexity index is 486. The summed E-state index contributed by atoms with van der Waals surface area (Å²) in [5, 5.41) is 3.24. The van der Waals surface area contributed by atoms with Crippen LogP contribution >= 0.6 is 0 Å². The highest BCUT2D eigenvalue weighted by Gasteiger charge is 2.18. The molecule has 1 aromatic rings. The summed E-state index contributed by atoms with van der Waals surface area (Å²) in [7, 11) is 0. The largest absolute Gasteiger partial charge is 0.326 e. The second kappa shape index (κ2) is 8.52. The van der Waals surface area contributed by atoms with E-state index >= 15 is 0 Å². The molecule has 23 heavy (non-hydrogen) atoms. The molecule has 1 N–H and O–H groups in total. The van der Waals surface area contributed by atoms with Gasteiger partial charge in [-0.1, -0.05) is 78.0 Å². The number of anilines is 1. The summed E-state index contributed by atoms with van der Waals surface area (Å²) in [6, 6.07) is 6.41. The van der Waals surface area contributed by atoms with Crippen LogP contribution in [0.5, 0.6) is 0 Å². The summed E-state index contributed by atoms with van der Waals surface area (Å²) >= 11 is 0. The van der Waals surface area contributed by atoms with Crippen molar-refractivity contribution in [3.63, 3.8) is 0 Å². The van der Waals surface area contributed by atoms with Crippen molar-refractivity contribution in [3.05, 3.63) is 29.3 Å². The third-order valence-corrected chi connectivity index (χ3v) is 5.14. The highest BCUT2D eigenvalue weighted by Crippen LogP contribution is 2.33. The second-order valence-corrected chi connectivity index (χ2v) is 7.71. The second-order valence-electron chi connectivity index (χ2n) is 7.71. The Morgan fingerprint density at radius 2 is 1.61 bits per heavy atom. The molecule has 1 aliphatic carbocycles. The number of benzene rings is 1. The van der Waals surface area contributed by atoms with Crippen LogP contribution in [-0.2, 0) is 4.79 Å². The van der Waals surface area contributed by atoms with Gasteiger partial charge < -0.3 is 5.32 Å². The minimum Gasteiger partial charge on any atom is -0.326 e. The minimum atomic E-state index is 0.186. The number of hydrogen-bond acceptors (Lipinski definition) is 1. The minimum absolute atomic E-state index is 0.186. The zero-order valence-corrected chi connectivity index (χ0v) is 15.3. The molecule has 0 saturated heterocycles. The Balaban J connectivity index is 2.03. The molecule has 0 heterocycles. The van der Waals surface area contributed by atoms with Crippen LogP contribution in [-0.4, -0.2) is 5.91 Å². The van der Waals surface area contributed by atoms with Crippen molar-refractivity contribution in [3.8, 4) is 0 Å². The maximum atomic E-state index is 12.5. The molecule has 1 amide bonds. The molecule has 0 bridgehead atoms. The first-order valence-electron chi connectivity index (χ1n) is 9.41. The van der Waals surface area contributed by atoms with E-state index < -0.39 is 0 Å². The summed E-state index contributed by atoms with van der Waals surface area (Å²) in [5.41, 5.74) is 3.57. The van der Waals surface area contributed by atoms with Gasteiger partial charge in [0.05, 0.1) is 0 Å². The van der Waals surface area contributed by atoms with E-state index in [1.807, 2.05) is 0 Å². The fourth-order valence-corrected chi connectivity index (χ4v) is 3.71. The molecule has 0 radical (unpaired) electrons. The molecule has 0 spiro atoms. The van der Waals surface area contributed by atoms with Crippen molar-refractivity contribution in [1.82, 2.24) is 0 Å². The van der Waals surface area contributed by atoms with Crippen LogP contribution in [0.1, 0.15) is 95.6 Å². The van der Waals surface area contributed by atoms with Crippen molar-refractivity contribution in [2.75, 3.05) is 5.32 Å². The Morgan fingerprint density at radius 3 is 2.13 bits per heavy atom. The molecule has 1 aromatic carbocycles. The first-order valence-corrected chi connectivity index (χ1v) is 9.41. The lowest BCUT2D eigenvalue weighted by Gasteiger charge is -2.22. The van der Waals surface area contributed by atoms with Crippen LogP contribution in [0.25, 0.3) is 0 Å². The van der Waals surface area contributed by atoms with E-state index in [0.29, 0.717) is 18.3 Å². The van der Waals surface area contributed by atoms with Crippen molar-refractivity contribution in [2.24, 2.45) is 5.92 Å². The van der Waals surface area contributed by atoms with Crippen LogP contribution in [0.3, 0.4) is 0 Å². The van der Waals surface area contributed by atoms with E-state index in [1.54, 1.807) is 0 Å². The molecule has 0 aromatic heterocycles. The number of carbonyl (C=O) groups excluding carboxylic acids is 1. The summed E-state index contributed by atoms with van der Waals surface area (Å²) in [4.78, 5) is 12.5. The lowest BCUT2D eigenvalue weighted by atomic mass is 9.86. The van der Waals surface area contributed by atoms with Gasteiger partial charge in [-0.05, 0) is 35.3 Å². The van der Waals surface area contributed by atoms with Gasteiger partial charge in [0.15, 0.2) is 0 Å². The standard InChI is InChI=1S/C21H33NO/c1-15(2)18-11-8-12-19(16(3)4)21(18)22-20(23)14-13-17-9-6-5-7-10-17/h8,11-12,15-17H,5-7,9-10,13-14H2,1-4H3,(H,22,23). The first-order chi connectivity index (χ1) is 11.0.